The summed E-state index contributed by atoms with van der Waals surface area (Å²) in [6.45, 7) is 6.23. The van der Waals surface area contributed by atoms with E-state index in [1.807, 2.05) is 48.5 Å². The average molecular weight is 440 g/mol. The zero-order valence-electron chi connectivity index (χ0n) is 18.7. The van der Waals surface area contributed by atoms with E-state index >= 15 is 0 Å². The Balaban J connectivity index is 1.59. The van der Waals surface area contributed by atoms with Crippen molar-refractivity contribution in [3.05, 3.63) is 96.3 Å². The number of nitrogens with one attached hydrogen (secondary N) is 1. The number of nitrogens with zero attached hydrogens (tertiary/aromatic N) is 4. The molecule has 1 heterocycles. The third-order valence-corrected chi connectivity index (χ3v) is 5.34. The van der Waals surface area contributed by atoms with Crippen LogP contribution in [-0.2, 0) is 0 Å². The molecular formula is C27H26FN5. The molecule has 0 saturated carbocycles. The molecule has 0 unspecified atom stereocenters. The van der Waals surface area contributed by atoms with E-state index in [1.54, 1.807) is 18.3 Å². The van der Waals surface area contributed by atoms with Gasteiger partial charge < -0.3 is 4.90 Å². The maximum atomic E-state index is 13.4. The molecule has 4 rings (SSSR count). The Kier molecular flexibility index (Phi) is 7.05. The third kappa shape index (κ3) is 5.60. The highest BCUT2D eigenvalue weighted by Gasteiger charge is 2.09. The standard InChI is InChI=1S/C27H26FN5/c1-3-33(4-2)24-16-10-20(11-17-24)19-29-32-27-30-25(21-8-6-5-7-9-21)18-26(31-27)22-12-14-23(28)15-13-22/h5-19H,3-4H2,1-2H3,(H,30,31,32). The molecule has 0 radical (unpaired) electrons. The summed E-state index contributed by atoms with van der Waals surface area (Å²) in [6, 6.07) is 26.2. The second-order valence-corrected chi connectivity index (χ2v) is 7.47. The molecule has 0 aliphatic carbocycles. The number of halogens is 1. The van der Waals surface area contributed by atoms with Crippen LogP contribution in [0.3, 0.4) is 0 Å². The van der Waals surface area contributed by atoms with Crippen molar-refractivity contribution in [2.75, 3.05) is 23.4 Å². The van der Waals surface area contributed by atoms with Crippen LogP contribution in [0.4, 0.5) is 16.0 Å². The highest BCUT2D eigenvalue weighted by atomic mass is 19.1. The van der Waals surface area contributed by atoms with E-state index in [0.717, 1.165) is 35.5 Å². The largest absolute Gasteiger partial charge is 0.372 e. The Labute approximate surface area is 193 Å². The number of hydrogen-bond acceptors (Lipinski definition) is 5. The van der Waals surface area contributed by atoms with Gasteiger partial charge in [0.15, 0.2) is 0 Å². The van der Waals surface area contributed by atoms with E-state index < -0.39 is 0 Å². The first-order valence-electron chi connectivity index (χ1n) is 11.0. The molecule has 1 aromatic heterocycles. The van der Waals surface area contributed by atoms with Gasteiger partial charge in [0.1, 0.15) is 5.82 Å². The number of aromatic nitrogens is 2. The Hall–Kier alpha value is -4.06. The Morgan fingerprint density at radius 2 is 1.42 bits per heavy atom. The fourth-order valence-electron chi connectivity index (χ4n) is 3.55. The van der Waals surface area contributed by atoms with Crippen molar-refractivity contribution in [3.8, 4) is 22.5 Å². The maximum Gasteiger partial charge on any atom is 0.244 e. The SMILES string of the molecule is CCN(CC)c1ccc(C=NNc2nc(-c3ccccc3)cc(-c3ccc(F)cc3)n2)cc1. The maximum absolute atomic E-state index is 13.4. The quantitative estimate of drug-likeness (QED) is 0.261. The summed E-state index contributed by atoms with van der Waals surface area (Å²) in [7, 11) is 0. The fourth-order valence-corrected chi connectivity index (χ4v) is 3.55. The molecule has 0 aliphatic rings. The Morgan fingerprint density at radius 3 is 2.03 bits per heavy atom. The number of benzene rings is 3. The zero-order valence-corrected chi connectivity index (χ0v) is 18.7. The highest BCUT2D eigenvalue weighted by Crippen LogP contribution is 2.25. The molecule has 33 heavy (non-hydrogen) atoms. The van der Waals surface area contributed by atoms with Crippen LogP contribution in [0.5, 0.6) is 0 Å². The van der Waals surface area contributed by atoms with Crippen LogP contribution < -0.4 is 10.3 Å². The summed E-state index contributed by atoms with van der Waals surface area (Å²) in [5.41, 5.74) is 8.31. The van der Waals surface area contributed by atoms with Crippen LogP contribution in [0, 0.1) is 5.82 Å². The van der Waals surface area contributed by atoms with Gasteiger partial charge in [-0.2, -0.15) is 5.10 Å². The summed E-state index contributed by atoms with van der Waals surface area (Å²) < 4.78 is 13.4. The molecule has 0 aliphatic heterocycles. The van der Waals surface area contributed by atoms with Gasteiger partial charge in [0.2, 0.25) is 5.95 Å². The fraction of sp³-hybridized carbons (Fsp3) is 0.148. The van der Waals surface area contributed by atoms with Gasteiger partial charge in [0.05, 0.1) is 17.6 Å². The summed E-state index contributed by atoms with van der Waals surface area (Å²) in [4.78, 5) is 11.5. The van der Waals surface area contributed by atoms with Gasteiger partial charge in [-0.3, -0.25) is 0 Å². The van der Waals surface area contributed by atoms with Gasteiger partial charge in [-0.1, -0.05) is 42.5 Å². The summed E-state index contributed by atoms with van der Waals surface area (Å²) in [6.07, 6.45) is 1.74. The van der Waals surface area contributed by atoms with Crippen molar-refractivity contribution >= 4 is 17.9 Å². The molecule has 0 fully saturated rings. The summed E-state index contributed by atoms with van der Waals surface area (Å²) in [5.74, 6) is 0.0812. The van der Waals surface area contributed by atoms with E-state index in [2.05, 4.69) is 51.4 Å². The second-order valence-electron chi connectivity index (χ2n) is 7.47. The molecule has 0 spiro atoms. The van der Waals surface area contributed by atoms with Crippen molar-refractivity contribution in [2.24, 2.45) is 5.10 Å². The van der Waals surface area contributed by atoms with E-state index in [4.69, 9.17) is 0 Å². The predicted molar refractivity (Wildman–Crippen MR) is 134 cm³/mol. The van der Waals surface area contributed by atoms with Gasteiger partial charge in [0, 0.05) is 29.9 Å². The van der Waals surface area contributed by atoms with Crippen LogP contribution in [0.15, 0.2) is 90.0 Å². The van der Waals surface area contributed by atoms with Crippen molar-refractivity contribution in [1.82, 2.24) is 9.97 Å². The monoisotopic (exact) mass is 439 g/mol. The predicted octanol–water partition coefficient (Wildman–Crippen LogP) is 6.24. The van der Waals surface area contributed by atoms with Crippen LogP contribution in [0.2, 0.25) is 0 Å². The van der Waals surface area contributed by atoms with Crippen molar-refractivity contribution in [3.63, 3.8) is 0 Å². The Bertz CT molecular complexity index is 1200. The van der Waals surface area contributed by atoms with E-state index in [-0.39, 0.29) is 5.82 Å². The first-order valence-corrected chi connectivity index (χ1v) is 11.0. The van der Waals surface area contributed by atoms with Crippen LogP contribution in [0.1, 0.15) is 19.4 Å². The topological polar surface area (TPSA) is 53.4 Å². The number of hydrazone groups is 1. The van der Waals surface area contributed by atoms with Gasteiger partial charge in [-0.25, -0.2) is 19.8 Å². The molecule has 5 nitrogen and oxygen atoms in total. The first kappa shape index (κ1) is 22.1. The lowest BCUT2D eigenvalue weighted by molar-refractivity contribution is 0.628. The van der Waals surface area contributed by atoms with Gasteiger partial charge in [-0.15, -0.1) is 0 Å². The minimum Gasteiger partial charge on any atom is -0.372 e. The molecule has 0 atom stereocenters. The van der Waals surface area contributed by atoms with Gasteiger partial charge >= 0.3 is 0 Å². The smallest absolute Gasteiger partial charge is 0.244 e. The lowest BCUT2D eigenvalue weighted by Gasteiger charge is -2.20. The minimum absolute atomic E-state index is 0.286. The van der Waals surface area contributed by atoms with Crippen LogP contribution >= 0.6 is 0 Å². The number of rotatable bonds is 8. The average Bonchev–Trinajstić information content (AvgIpc) is 2.86. The number of hydrogen-bond donors (Lipinski definition) is 1. The Morgan fingerprint density at radius 1 is 0.818 bits per heavy atom. The molecule has 4 aromatic rings. The van der Waals surface area contributed by atoms with E-state index in [0.29, 0.717) is 11.6 Å². The molecule has 1 N–H and O–H groups in total. The third-order valence-electron chi connectivity index (χ3n) is 5.34. The number of anilines is 2. The van der Waals surface area contributed by atoms with Crippen molar-refractivity contribution in [2.45, 2.75) is 13.8 Å². The van der Waals surface area contributed by atoms with Gasteiger partial charge in [0.25, 0.3) is 0 Å². The highest BCUT2D eigenvalue weighted by molar-refractivity contribution is 5.81. The molecule has 0 amide bonds. The van der Waals surface area contributed by atoms with Crippen molar-refractivity contribution in [1.29, 1.82) is 0 Å². The molecule has 3 aromatic carbocycles. The lowest BCUT2D eigenvalue weighted by atomic mass is 10.1. The van der Waals surface area contributed by atoms with E-state index in [1.165, 1.54) is 17.8 Å². The molecule has 0 bridgehead atoms. The van der Waals surface area contributed by atoms with Crippen LogP contribution in [-0.4, -0.2) is 29.3 Å². The summed E-state index contributed by atoms with van der Waals surface area (Å²) >= 11 is 0. The van der Waals surface area contributed by atoms with Gasteiger partial charge in [-0.05, 0) is 61.9 Å². The molecule has 0 saturated heterocycles. The lowest BCUT2D eigenvalue weighted by Crippen LogP contribution is -2.21. The minimum atomic E-state index is -0.286. The molecule has 6 heteroatoms. The molecule has 166 valence electrons. The van der Waals surface area contributed by atoms with Crippen molar-refractivity contribution < 1.29 is 4.39 Å². The van der Waals surface area contributed by atoms with E-state index in [9.17, 15) is 4.39 Å². The first-order chi connectivity index (χ1) is 16.2. The molecular weight excluding hydrogens is 413 g/mol. The summed E-state index contributed by atoms with van der Waals surface area (Å²) in [5, 5.41) is 4.34. The van der Waals surface area contributed by atoms with Crippen LogP contribution in [0.25, 0.3) is 22.5 Å². The normalized spacial score (nSPS) is 11.0. The second kappa shape index (κ2) is 10.5. The zero-order chi connectivity index (χ0) is 23.0.